The summed E-state index contributed by atoms with van der Waals surface area (Å²) >= 11 is 5.94. The van der Waals surface area contributed by atoms with Crippen LogP contribution in [0.3, 0.4) is 0 Å². The first-order valence-electron chi connectivity index (χ1n) is 8.16. The van der Waals surface area contributed by atoms with E-state index in [1.54, 1.807) is 38.4 Å². The van der Waals surface area contributed by atoms with Crippen molar-refractivity contribution in [2.45, 2.75) is 6.42 Å². The molecule has 0 saturated carbocycles. The van der Waals surface area contributed by atoms with E-state index in [4.69, 9.17) is 16.3 Å². The Balaban J connectivity index is 1.79. The van der Waals surface area contributed by atoms with Crippen LogP contribution in [0.4, 0.5) is 10.5 Å². The number of rotatable bonds is 7. The maximum Gasteiger partial charge on any atom is 0.319 e. The van der Waals surface area contributed by atoms with Crippen molar-refractivity contribution in [1.29, 1.82) is 0 Å². The fourth-order valence-electron chi connectivity index (χ4n) is 2.13. The average Bonchev–Trinajstić information content (AvgIpc) is 2.60. The maximum absolute atomic E-state index is 12.0. The minimum atomic E-state index is -0.312. The van der Waals surface area contributed by atoms with Crippen LogP contribution in [0.5, 0.6) is 5.75 Å². The first kappa shape index (κ1) is 19.6. The van der Waals surface area contributed by atoms with E-state index in [-0.39, 0.29) is 18.5 Å². The lowest BCUT2D eigenvalue weighted by atomic mass is 10.1. The van der Waals surface area contributed by atoms with E-state index < -0.39 is 0 Å². The molecule has 0 heterocycles. The van der Waals surface area contributed by atoms with Crippen LogP contribution in [-0.2, 0) is 11.2 Å². The lowest BCUT2D eigenvalue weighted by Crippen LogP contribution is -2.30. The third-order valence-corrected chi connectivity index (χ3v) is 3.78. The van der Waals surface area contributed by atoms with Crippen molar-refractivity contribution < 1.29 is 14.3 Å². The normalized spacial score (nSPS) is 10.1. The maximum atomic E-state index is 12.0. The van der Waals surface area contributed by atoms with Gasteiger partial charge in [0, 0.05) is 37.4 Å². The Morgan fingerprint density at radius 2 is 1.88 bits per heavy atom. The van der Waals surface area contributed by atoms with E-state index in [1.807, 2.05) is 24.3 Å². The number of nitrogens with zero attached hydrogens (tertiary/aromatic N) is 1. The lowest BCUT2D eigenvalue weighted by molar-refractivity contribution is -0.130. The Morgan fingerprint density at radius 3 is 2.62 bits per heavy atom. The second kappa shape index (κ2) is 9.68. The van der Waals surface area contributed by atoms with Gasteiger partial charge in [-0.1, -0.05) is 29.8 Å². The number of carbonyl (C=O) groups is 2. The smallest absolute Gasteiger partial charge is 0.319 e. The quantitative estimate of drug-likeness (QED) is 0.780. The van der Waals surface area contributed by atoms with Crippen LogP contribution in [0.1, 0.15) is 5.56 Å². The Labute approximate surface area is 158 Å². The highest BCUT2D eigenvalue weighted by atomic mass is 35.5. The standard InChI is InChI=1S/C19H22ClN3O3/c1-23(2)18(24)13-26-17-8-4-7-16(12-17)22-19(25)21-10-9-14-5-3-6-15(20)11-14/h3-8,11-12H,9-10,13H2,1-2H3,(H2,21,22,25). The summed E-state index contributed by atoms with van der Waals surface area (Å²) in [5.41, 5.74) is 1.64. The largest absolute Gasteiger partial charge is 0.484 e. The Bertz CT molecular complexity index is 765. The number of halogens is 1. The summed E-state index contributed by atoms with van der Waals surface area (Å²) < 4.78 is 5.43. The van der Waals surface area contributed by atoms with Crippen molar-refractivity contribution in [2.24, 2.45) is 0 Å². The number of nitrogens with one attached hydrogen (secondary N) is 2. The number of anilines is 1. The number of benzene rings is 2. The molecule has 7 heteroatoms. The molecule has 0 radical (unpaired) electrons. The SMILES string of the molecule is CN(C)C(=O)COc1cccc(NC(=O)NCCc2cccc(Cl)c2)c1. The van der Waals surface area contributed by atoms with Crippen molar-refractivity contribution in [3.8, 4) is 5.75 Å². The van der Waals surface area contributed by atoms with Gasteiger partial charge in [-0.25, -0.2) is 4.79 Å². The zero-order chi connectivity index (χ0) is 18.9. The Morgan fingerprint density at radius 1 is 1.12 bits per heavy atom. The molecule has 0 unspecified atom stereocenters. The van der Waals surface area contributed by atoms with Gasteiger partial charge in [-0.3, -0.25) is 4.79 Å². The average molecular weight is 376 g/mol. The molecule has 0 aliphatic rings. The van der Waals surface area contributed by atoms with Gasteiger partial charge in [0.25, 0.3) is 5.91 Å². The lowest BCUT2D eigenvalue weighted by Gasteiger charge is -2.12. The van der Waals surface area contributed by atoms with Gasteiger partial charge in [-0.15, -0.1) is 0 Å². The molecule has 0 saturated heterocycles. The summed E-state index contributed by atoms with van der Waals surface area (Å²) in [5, 5.41) is 6.21. The fourth-order valence-corrected chi connectivity index (χ4v) is 2.34. The van der Waals surface area contributed by atoms with Crippen molar-refractivity contribution in [1.82, 2.24) is 10.2 Å². The van der Waals surface area contributed by atoms with E-state index in [0.29, 0.717) is 29.4 Å². The van der Waals surface area contributed by atoms with E-state index >= 15 is 0 Å². The molecule has 0 bridgehead atoms. The molecular formula is C19H22ClN3O3. The number of ether oxygens (including phenoxy) is 1. The highest BCUT2D eigenvalue weighted by Gasteiger charge is 2.06. The zero-order valence-electron chi connectivity index (χ0n) is 14.8. The third kappa shape index (κ3) is 6.64. The molecule has 0 atom stereocenters. The van der Waals surface area contributed by atoms with E-state index in [1.165, 1.54) is 4.90 Å². The number of hydrogen-bond acceptors (Lipinski definition) is 3. The monoisotopic (exact) mass is 375 g/mol. The molecule has 26 heavy (non-hydrogen) atoms. The first-order valence-corrected chi connectivity index (χ1v) is 8.54. The van der Waals surface area contributed by atoms with Crippen molar-refractivity contribution in [2.75, 3.05) is 32.6 Å². The molecule has 3 amide bonds. The highest BCUT2D eigenvalue weighted by molar-refractivity contribution is 6.30. The second-order valence-electron chi connectivity index (χ2n) is 5.87. The van der Waals surface area contributed by atoms with Gasteiger partial charge in [0.15, 0.2) is 6.61 Å². The predicted octanol–water partition coefficient (Wildman–Crippen LogP) is 3.17. The molecule has 2 aromatic rings. The Hall–Kier alpha value is -2.73. The topological polar surface area (TPSA) is 70.7 Å². The minimum absolute atomic E-state index is 0.0533. The van der Waals surface area contributed by atoms with Gasteiger partial charge >= 0.3 is 6.03 Å². The van der Waals surface area contributed by atoms with Crippen LogP contribution >= 0.6 is 11.6 Å². The zero-order valence-corrected chi connectivity index (χ0v) is 15.5. The molecule has 0 spiro atoms. The van der Waals surface area contributed by atoms with Crippen LogP contribution in [0.2, 0.25) is 5.02 Å². The number of amides is 3. The summed E-state index contributed by atoms with van der Waals surface area (Å²) in [6.45, 7) is 0.433. The van der Waals surface area contributed by atoms with Crippen LogP contribution in [0.25, 0.3) is 0 Å². The summed E-state index contributed by atoms with van der Waals surface area (Å²) in [6.07, 6.45) is 0.684. The van der Waals surface area contributed by atoms with Gasteiger partial charge in [0.1, 0.15) is 5.75 Å². The molecular weight excluding hydrogens is 354 g/mol. The predicted molar refractivity (Wildman–Crippen MR) is 103 cm³/mol. The number of urea groups is 1. The summed E-state index contributed by atoms with van der Waals surface area (Å²) in [5.74, 6) is 0.374. The van der Waals surface area contributed by atoms with Gasteiger partial charge in [-0.2, -0.15) is 0 Å². The van der Waals surface area contributed by atoms with E-state index in [9.17, 15) is 9.59 Å². The van der Waals surface area contributed by atoms with Gasteiger partial charge < -0.3 is 20.3 Å². The molecule has 0 fully saturated rings. The first-order chi connectivity index (χ1) is 12.4. The molecule has 6 nitrogen and oxygen atoms in total. The summed E-state index contributed by atoms with van der Waals surface area (Å²) in [7, 11) is 3.33. The van der Waals surface area contributed by atoms with Gasteiger partial charge in [0.2, 0.25) is 0 Å². The number of hydrogen-bond donors (Lipinski definition) is 2. The van der Waals surface area contributed by atoms with E-state index in [0.717, 1.165) is 5.56 Å². The number of likely N-dealkylation sites (N-methyl/N-ethyl adjacent to an activating group) is 1. The van der Waals surface area contributed by atoms with Crippen molar-refractivity contribution in [3.05, 3.63) is 59.1 Å². The second-order valence-corrected chi connectivity index (χ2v) is 6.30. The van der Waals surface area contributed by atoms with Crippen LogP contribution in [0.15, 0.2) is 48.5 Å². The molecule has 2 rings (SSSR count). The minimum Gasteiger partial charge on any atom is -0.484 e. The number of carbonyl (C=O) groups excluding carboxylic acids is 2. The fraction of sp³-hybridized carbons (Fsp3) is 0.263. The van der Waals surface area contributed by atoms with Crippen LogP contribution in [-0.4, -0.2) is 44.1 Å². The van der Waals surface area contributed by atoms with Crippen molar-refractivity contribution in [3.63, 3.8) is 0 Å². The highest BCUT2D eigenvalue weighted by Crippen LogP contribution is 2.17. The molecule has 0 aromatic heterocycles. The van der Waals surface area contributed by atoms with Crippen molar-refractivity contribution >= 4 is 29.2 Å². The molecule has 2 aromatic carbocycles. The molecule has 138 valence electrons. The van der Waals surface area contributed by atoms with Gasteiger partial charge in [0.05, 0.1) is 0 Å². The van der Waals surface area contributed by atoms with Crippen LogP contribution in [0, 0.1) is 0 Å². The van der Waals surface area contributed by atoms with Crippen LogP contribution < -0.4 is 15.4 Å². The summed E-state index contributed by atoms with van der Waals surface area (Å²) in [6, 6.07) is 14.1. The summed E-state index contributed by atoms with van der Waals surface area (Å²) in [4.78, 5) is 25.0. The Kier molecular flexibility index (Phi) is 7.29. The third-order valence-electron chi connectivity index (χ3n) is 3.54. The molecule has 2 N–H and O–H groups in total. The molecule has 0 aliphatic heterocycles. The van der Waals surface area contributed by atoms with Gasteiger partial charge in [-0.05, 0) is 36.2 Å². The van der Waals surface area contributed by atoms with E-state index in [2.05, 4.69) is 10.6 Å². The molecule has 0 aliphatic carbocycles.